The zero-order valence-electron chi connectivity index (χ0n) is 30.1. The van der Waals surface area contributed by atoms with Gasteiger partial charge in [0.1, 0.15) is 17.2 Å². The molecule has 4 aromatic carbocycles. The monoisotopic (exact) mass is 687 g/mol. The maximum Gasteiger partial charge on any atom is 0.291 e. The Kier molecular flexibility index (Phi) is 8.43. The Balaban J connectivity index is 1.77. The molecule has 0 atom stereocenters. The average molecular weight is 689 g/mol. The smallest absolute Gasteiger partial charge is 0.291 e. The summed E-state index contributed by atoms with van der Waals surface area (Å²) >= 11 is 3.93. The van der Waals surface area contributed by atoms with Crippen LogP contribution in [0.4, 0.5) is 0 Å². The van der Waals surface area contributed by atoms with Gasteiger partial charge in [0.2, 0.25) is 0 Å². The van der Waals surface area contributed by atoms with E-state index in [1.165, 1.54) is 0 Å². The van der Waals surface area contributed by atoms with Gasteiger partial charge in [-0.1, -0.05) is 65.7 Å². The minimum absolute atomic E-state index is 0.124. The summed E-state index contributed by atoms with van der Waals surface area (Å²) in [7, 11) is 0. The number of carbonyl (C=O) groups excluding carboxylic acids is 1. The Labute approximate surface area is 290 Å². The van der Waals surface area contributed by atoms with Crippen molar-refractivity contribution in [2.45, 2.75) is 93.9 Å². The molecular formula is C44H48BrO2+. The number of phenols is 1. The van der Waals surface area contributed by atoms with Gasteiger partial charge in [0, 0.05) is 42.9 Å². The number of allylic oxidation sites excluding steroid dienone is 4. The molecule has 242 valence electrons. The lowest BCUT2D eigenvalue weighted by molar-refractivity contribution is -0.115. The lowest BCUT2D eigenvalue weighted by Gasteiger charge is -2.28. The number of ketones is 1. The van der Waals surface area contributed by atoms with E-state index in [0.29, 0.717) is 5.75 Å². The molecule has 0 bridgehead atoms. The molecule has 2 nitrogen and oxygen atoms in total. The van der Waals surface area contributed by atoms with Crippen LogP contribution < -0.4 is 0 Å². The standard InChI is InChI=1S/C44H47BrO2/c1-14-29-32-19-25(27-21-34(41(2,3)4)39(46)35(22-27)42(5,6)7)15-17-30(32)38(45)31-18-16-26(20-33(29)31)28-23-36(43(8,9)10)40(47)37(24-28)44(11,12)13/h1,15-24H,2-13H3/p+1. The van der Waals surface area contributed by atoms with E-state index < -0.39 is 0 Å². The van der Waals surface area contributed by atoms with E-state index in [-0.39, 0.29) is 27.4 Å². The second-order valence-corrected chi connectivity index (χ2v) is 18.0. The van der Waals surface area contributed by atoms with Gasteiger partial charge < -0.3 is 5.11 Å². The van der Waals surface area contributed by atoms with Crippen LogP contribution in [0.5, 0.6) is 5.75 Å². The fourth-order valence-corrected chi connectivity index (χ4v) is 7.24. The second-order valence-electron chi connectivity index (χ2n) is 17.2. The number of aromatic hydroxyl groups is 1. The highest BCUT2D eigenvalue weighted by atomic mass is 79.9. The van der Waals surface area contributed by atoms with E-state index >= 15 is 0 Å². The van der Waals surface area contributed by atoms with Gasteiger partial charge in [-0.15, -0.1) is 6.42 Å². The predicted molar refractivity (Wildman–Crippen MR) is 205 cm³/mol. The molecule has 47 heavy (non-hydrogen) atoms. The number of benzene rings is 4. The van der Waals surface area contributed by atoms with Gasteiger partial charge in [0.15, 0.2) is 0 Å². The number of phenolic OH excluding ortho intramolecular Hbond substituents is 1. The SMILES string of the molecule is C#Cc1c2cc(C3=C[C+](C(C)(C)C)C(=O)C(C(C)(C)C)=C3)ccc2c(Br)c2ccc(-c3cc(C(C)(C)C)c(O)c(C(C)(C)C)c3)cc12. The Morgan fingerprint density at radius 1 is 0.681 bits per heavy atom. The van der Waals surface area contributed by atoms with Crippen LogP contribution in [-0.4, -0.2) is 10.9 Å². The minimum Gasteiger partial charge on any atom is -0.507 e. The van der Waals surface area contributed by atoms with Crippen molar-refractivity contribution in [3.63, 3.8) is 0 Å². The number of hydrogen-bond donors (Lipinski definition) is 1. The predicted octanol–water partition coefficient (Wildman–Crippen LogP) is 12.3. The van der Waals surface area contributed by atoms with Gasteiger partial charge in [0.25, 0.3) is 5.78 Å². The molecule has 1 aliphatic carbocycles. The van der Waals surface area contributed by atoms with Crippen molar-refractivity contribution in [1.82, 2.24) is 0 Å². The molecule has 0 amide bonds. The summed E-state index contributed by atoms with van der Waals surface area (Å²) in [6, 6.07) is 17.2. The average Bonchev–Trinajstić information content (AvgIpc) is 2.94. The van der Waals surface area contributed by atoms with Crippen LogP contribution in [0.3, 0.4) is 0 Å². The third-order valence-corrected chi connectivity index (χ3v) is 10.1. The Morgan fingerprint density at radius 3 is 1.62 bits per heavy atom. The Morgan fingerprint density at radius 2 is 1.17 bits per heavy atom. The zero-order chi connectivity index (χ0) is 35.0. The Hall–Kier alpha value is -3.74. The second kappa shape index (κ2) is 11.5. The van der Waals surface area contributed by atoms with Crippen molar-refractivity contribution in [1.29, 1.82) is 0 Å². The first-order valence-electron chi connectivity index (χ1n) is 16.4. The van der Waals surface area contributed by atoms with Crippen LogP contribution in [0, 0.1) is 29.1 Å². The minimum atomic E-state index is -0.294. The van der Waals surface area contributed by atoms with E-state index in [2.05, 4.69) is 166 Å². The van der Waals surface area contributed by atoms with E-state index in [1.54, 1.807) is 0 Å². The van der Waals surface area contributed by atoms with Gasteiger partial charge in [-0.3, -0.25) is 4.79 Å². The largest absolute Gasteiger partial charge is 0.507 e. The fourth-order valence-electron chi connectivity index (χ4n) is 6.54. The van der Waals surface area contributed by atoms with Gasteiger partial charge in [0.05, 0.1) is 17.7 Å². The number of carbonyl (C=O) groups is 1. The van der Waals surface area contributed by atoms with Crippen molar-refractivity contribution in [2.24, 2.45) is 10.8 Å². The summed E-state index contributed by atoms with van der Waals surface area (Å²) in [6.07, 6.45) is 10.5. The molecule has 0 heterocycles. The van der Waals surface area contributed by atoms with E-state index in [1.807, 2.05) is 0 Å². The van der Waals surface area contributed by atoms with Gasteiger partial charge in [-0.25, -0.2) is 0 Å². The third-order valence-electron chi connectivity index (χ3n) is 9.29. The number of hydrogen-bond acceptors (Lipinski definition) is 2. The van der Waals surface area contributed by atoms with Gasteiger partial charge in [-0.05, 0) is 126 Å². The van der Waals surface area contributed by atoms with E-state index in [4.69, 9.17) is 6.42 Å². The number of fused-ring (bicyclic) bond motifs is 2. The Bertz CT molecular complexity index is 2020. The third kappa shape index (κ3) is 6.30. The zero-order valence-corrected chi connectivity index (χ0v) is 31.7. The summed E-state index contributed by atoms with van der Waals surface area (Å²) in [5, 5.41) is 15.4. The molecule has 0 aliphatic heterocycles. The maximum atomic E-state index is 13.6. The summed E-state index contributed by atoms with van der Waals surface area (Å²) in [5.74, 6) is 4.36. The lowest BCUT2D eigenvalue weighted by Crippen LogP contribution is -2.32. The summed E-state index contributed by atoms with van der Waals surface area (Å²) in [6.45, 7) is 25.4. The molecule has 3 heteroatoms. The normalized spacial score (nSPS) is 14.8. The van der Waals surface area contributed by atoms with Crippen LogP contribution in [0.25, 0.3) is 38.2 Å². The van der Waals surface area contributed by atoms with Crippen LogP contribution in [0.15, 0.2) is 70.7 Å². The van der Waals surface area contributed by atoms with Crippen LogP contribution in [0.1, 0.15) is 105 Å². The number of rotatable bonds is 2. The maximum absolute atomic E-state index is 13.6. The molecule has 0 fully saturated rings. The lowest BCUT2D eigenvalue weighted by atomic mass is 9.68. The molecule has 0 spiro atoms. The van der Waals surface area contributed by atoms with Crippen molar-refractivity contribution >= 4 is 48.8 Å². The number of Topliss-reactive ketones (excluding diaryl/α,β-unsaturated/α-hetero) is 1. The summed E-state index contributed by atoms with van der Waals surface area (Å²) in [4.78, 5) is 13.6. The number of terminal acetylenes is 1. The molecule has 0 radical (unpaired) electrons. The molecule has 1 N–H and O–H groups in total. The molecular weight excluding hydrogens is 640 g/mol. The van der Waals surface area contributed by atoms with E-state index in [0.717, 1.165) is 76.5 Å². The van der Waals surface area contributed by atoms with Gasteiger partial charge >= 0.3 is 0 Å². The molecule has 1 aliphatic rings. The van der Waals surface area contributed by atoms with Crippen molar-refractivity contribution in [2.75, 3.05) is 0 Å². The summed E-state index contributed by atoms with van der Waals surface area (Å²) < 4.78 is 0.997. The first-order valence-corrected chi connectivity index (χ1v) is 17.2. The number of halogens is 1. The highest BCUT2D eigenvalue weighted by molar-refractivity contribution is 9.10. The fraction of sp³-hybridized carbons (Fsp3) is 0.364. The molecule has 4 aromatic rings. The highest BCUT2D eigenvalue weighted by Crippen LogP contribution is 2.46. The molecule has 0 unspecified atom stereocenters. The topological polar surface area (TPSA) is 37.3 Å². The molecule has 0 saturated heterocycles. The quantitative estimate of drug-likeness (QED) is 0.129. The first-order chi connectivity index (χ1) is 21.5. The van der Waals surface area contributed by atoms with Crippen molar-refractivity contribution in [3.05, 3.63) is 98.9 Å². The van der Waals surface area contributed by atoms with Gasteiger partial charge in [-0.2, -0.15) is 0 Å². The molecule has 0 aromatic heterocycles. The molecule has 5 rings (SSSR count). The van der Waals surface area contributed by atoms with Crippen LogP contribution in [0.2, 0.25) is 0 Å². The van der Waals surface area contributed by atoms with Crippen molar-refractivity contribution < 1.29 is 9.90 Å². The summed E-state index contributed by atoms with van der Waals surface area (Å²) in [5.41, 5.74) is 6.58. The highest BCUT2D eigenvalue weighted by Gasteiger charge is 2.45. The molecule has 0 saturated carbocycles. The van der Waals surface area contributed by atoms with E-state index in [9.17, 15) is 9.90 Å². The first kappa shape index (κ1) is 34.6. The van der Waals surface area contributed by atoms with Crippen LogP contribution >= 0.6 is 15.9 Å². The van der Waals surface area contributed by atoms with Crippen molar-refractivity contribution in [3.8, 4) is 29.2 Å². The van der Waals surface area contributed by atoms with Crippen LogP contribution in [-0.2, 0) is 15.6 Å².